The van der Waals surface area contributed by atoms with Crippen molar-refractivity contribution < 1.29 is 0 Å². The van der Waals surface area contributed by atoms with Crippen LogP contribution in [-0.2, 0) is 5.41 Å². The number of benzene rings is 12. The second kappa shape index (κ2) is 10.9. The summed E-state index contributed by atoms with van der Waals surface area (Å²) in [5.41, 5.74) is 10.1. The summed E-state index contributed by atoms with van der Waals surface area (Å²) in [5.74, 6) is 0. The van der Waals surface area contributed by atoms with Crippen LogP contribution in [0, 0.1) is 0 Å². The Labute approximate surface area is 330 Å². The molecule has 0 atom stereocenters. The van der Waals surface area contributed by atoms with Crippen LogP contribution in [0.2, 0.25) is 0 Å². The van der Waals surface area contributed by atoms with Crippen molar-refractivity contribution in [3.05, 3.63) is 175 Å². The van der Waals surface area contributed by atoms with Gasteiger partial charge in [-0.2, -0.15) is 0 Å². The Morgan fingerprint density at radius 1 is 0.333 bits per heavy atom. The van der Waals surface area contributed by atoms with Gasteiger partial charge < -0.3 is 4.57 Å². The highest BCUT2D eigenvalue weighted by atomic mass is 15.0. The van der Waals surface area contributed by atoms with Gasteiger partial charge in [-0.05, 0) is 157 Å². The lowest BCUT2D eigenvalue weighted by Crippen LogP contribution is -2.10. The standard InChI is InChI=1S/C56H37N/c1-56(2,3)42-18-20-43(21-19-42)57-48-26-24-44(40-28-36-14-10-32-6-4-7-33-11-15-37(29-40)52(36)50(32)33)46-22-23-47-45(25-27-49(57)55(47)54(46)48)41-30-38-16-12-34-8-5-9-35-13-17-39(31-41)53(38)51(34)35/h4-31H,1-3H3. The minimum atomic E-state index is 0.0841. The lowest BCUT2D eigenvalue weighted by atomic mass is 9.87. The fourth-order valence-corrected chi connectivity index (χ4v) is 10.5. The summed E-state index contributed by atoms with van der Waals surface area (Å²) in [7, 11) is 0. The maximum absolute atomic E-state index is 2.49. The third-order valence-corrected chi connectivity index (χ3v) is 13.1. The van der Waals surface area contributed by atoms with Gasteiger partial charge in [-0.3, -0.25) is 0 Å². The van der Waals surface area contributed by atoms with E-state index in [2.05, 4.69) is 195 Å². The normalized spacial score (nSPS) is 12.8. The average molecular weight is 724 g/mol. The Bertz CT molecular complexity index is 3410. The van der Waals surface area contributed by atoms with Crippen LogP contribution >= 0.6 is 0 Å². The Morgan fingerprint density at radius 2 is 0.702 bits per heavy atom. The second-order valence-electron chi connectivity index (χ2n) is 17.3. The molecule has 1 nitrogen and oxygen atoms in total. The van der Waals surface area contributed by atoms with Crippen molar-refractivity contribution in [2.75, 3.05) is 0 Å². The molecule has 1 heterocycles. The molecule has 1 aromatic heterocycles. The SMILES string of the molecule is CC(C)(C)c1ccc(-n2c3ccc(-c4cc5ccc6cccc7ccc(c4)c5c67)c4ccc5c(-c6cc7ccc8cccc9ccc(c6)c7c89)ccc2c5c43)cc1. The van der Waals surface area contributed by atoms with Gasteiger partial charge in [-0.25, -0.2) is 0 Å². The zero-order valence-electron chi connectivity index (χ0n) is 32.1. The van der Waals surface area contributed by atoms with E-state index in [-0.39, 0.29) is 5.41 Å². The second-order valence-corrected chi connectivity index (χ2v) is 17.3. The molecular formula is C56H37N. The molecule has 0 N–H and O–H groups in total. The molecule has 0 fully saturated rings. The largest absolute Gasteiger partial charge is 0.309 e. The highest BCUT2D eigenvalue weighted by Gasteiger charge is 2.23. The van der Waals surface area contributed by atoms with Crippen molar-refractivity contribution in [2.24, 2.45) is 0 Å². The lowest BCUT2D eigenvalue weighted by molar-refractivity contribution is 0.590. The summed E-state index contributed by atoms with van der Waals surface area (Å²) in [6, 6.07) is 64.7. The van der Waals surface area contributed by atoms with Crippen molar-refractivity contribution in [1.29, 1.82) is 0 Å². The first-order chi connectivity index (χ1) is 27.9. The fraction of sp³-hybridized carbons (Fsp3) is 0.0714. The molecule has 13 aromatic rings. The van der Waals surface area contributed by atoms with Gasteiger partial charge in [0, 0.05) is 16.5 Å². The van der Waals surface area contributed by atoms with Crippen LogP contribution in [0.25, 0.3) is 125 Å². The maximum atomic E-state index is 2.49. The van der Waals surface area contributed by atoms with Crippen LogP contribution in [0.5, 0.6) is 0 Å². The Kier molecular flexibility index (Phi) is 5.96. The van der Waals surface area contributed by atoms with Crippen molar-refractivity contribution in [1.82, 2.24) is 4.57 Å². The highest BCUT2D eigenvalue weighted by molar-refractivity contribution is 6.30. The molecule has 0 radical (unpaired) electrons. The molecule has 57 heavy (non-hydrogen) atoms. The molecule has 0 spiro atoms. The Balaban J connectivity index is 1.09. The van der Waals surface area contributed by atoms with Crippen molar-refractivity contribution in [2.45, 2.75) is 26.2 Å². The van der Waals surface area contributed by atoms with Gasteiger partial charge in [-0.1, -0.05) is 142 Å². The van der Waals surface area contributed by atoms with E-state index in [1.165, 1.54) is 131 Å². The minimum Gasteiger partial charge on any atom is -0.309 e. The van der Waals surface area contributed by atoms with Gasteiger partial charge in [0.25, 0.3) is 0 Å². The monoisotopic (exact) mass is 723 g/mol. The van der Waals surface area contributed by atoms with Gasteiger partial charge in [0.05, 0.1) is 11.0 Å². The molecule has 0 bridgehead atoms. The van der Waals surface area contributed by atoms with Gasteiger partial charge in [0.1, 0.15) is 0 Å². The molecule has 0 saturated heterocycles. The number of aromatic nitrogens is 1. The van der Waals surface area contributed by atoms with E-state index in [1.807, 2.05) is 0 Å². The summed E-state index contributed by atoms with van der Waals surface area (Å²) >= 11 is 0. The van der Waals surface area contributed by atoms with Crippen LogP contribution in [0.15, 0.2) is 170 Å². The van der Waals surface area contributed by atoms with E-state index >= 15 is 0 Å². The molecular weight excluding hydrogens is 687 g/mol. The van der Waals surface area contributed by atoms with Crippen molar-refractivity contribution in [3.63, 3.8) is 0 Å². The molecule has 0 aliphatic heterocycles. The Hall–Kier alpha value is -6.96. The molecule has 0 saturated carbocycles. The molecule has 0 aliphatic rings. The first-order valence-corrected chi connectivity index (χ1v) is 20.2. The molecule has 13 rings (SSSR count). The third kappa shape index (κ3) is 4.24. The van der Waals surface area contributed by atoms with Gasteiger partial charge >= 0.3 is 0 Å². The van der Waals surface area contributed by atoms with Crippen LogP contribution in [0.3, 0.4) is 0 Å². The summed E-state index contributed by atoms with van der Waals surface area (Å²) in [4.78, 5) is 0. The zero-order valence-corrected chi connectivity index (χ0v) is 32.1. The summed E-state index contributed by atoms with van der Waals surface area (Å²) in [5, 5.41) is 21.0. The van der Waals surface area contributed by atoms with Gasteiger partial charge in [0.2, 0.25) is 0 Å². The highest BCUT2D eigenvalue weighted by Crippen LogP contribution is 2.47. The first-order valence-electron chi connectivity index (χ1n) is 20.2. The van der Waals surface area contributed by atoms with E-state index in [0.29, 0.717) is 0 Å². The first kappa shape index (κ1) is 31.3. The third-order valence-electron chi connectivity index (χ3n) is 13.1. The van der Waals surface area contributed by atoms with E-state index in [0.717, 1.165) is 0 Å². The molecule has 12 aromatic carbocycles. The van der Waals surface area contributed by atoms with Crippen molar-refractivity contribution >= 4 is 97.2 Å². The average Bonchev–Trinajstić information content (AvgIpc) is 3.58. The van der Waals surface area contributed by atoms with E-state index in [9.17, 15) is 0 Å². The summed E-state index contributed by atoms with van der Waals surface area (Å²) in [6.07, 6.45) is 0. The fourth-order valence-electron chi connectivity index (χ4n) is 10.5. The molecule has 0 unspecified atom stereocenters. The molecule has 266 valence electrons. The van der Waals surface area contributed by atoms with E-state index in [4.69, 9.17) is 0 Å². The van der Waals surface area contributed by atoms with E-state index < -0.39 is 0 Å². The Morgan fingerprint density at radius 3 is 1.09 bits per heavy atom. The van der Waals surface area contributed by atoms with Gasteiger partial charge in [0.15, 0.2) is 0 Å². The van der Waals surface area contributed by atoms with Crippen LogP contribution in [0.1, 0.15) is 26.3 Å². The molecule has 0 aliphatic carbocycles. The zero-order chi connectivity index (χ0) is 37.7. The van der Waals surface area contributed by atoms with Crippen LogP contribution in [-0.4, -0.2) is 4.57 Å². The van der Waals surface area contributed by atoms with E-state index in [1.54, 1.807) is 0 Å². The number of hydrogen-bond donors (Lipinski definition) is 0. The summed E-state index contributed by atoms with van der Waals surface area (Å²) in [6.45, 7) is 6.86. The van der Waals surface area contributed by atoms with Crippen molar-refractivity contribution in [3.8, 4) is 27.9 Å². The quantitative estimate of drug-likeness (QED) is 0.160. The molecule has 1 heteroatoms. The minimum absolute atomic E-state index is 0.0841. The predicted octanol–water partition coefficient (Wildman–Crippen LogP) is 15.8. The lowest BCUT2D eigenvalue weighted by Gasteiger charge is -2.19. The topological polar surface area (TPSA) is 4.93 Å². The smallest absolute Gasteiger partial charge is 0.0547 e. The van der Waals surface area contributed by atoms with Crippen LogP contribution in [0.4, 0.5) is 0 Å². The number of rotatable bonds is 3. The van der Waals surface area contributed by atoms with Crippen LogP contribution < -0.4 is 0 Å². The predicted molar refractivity (Wildman–Crippen MR) is 246 cm³/mol. The molecule has 0 amide bonds. The summed E-state index contributed by atoms with van der Waals surface area (Å²) < 4.78 is 2.49. The van der Waals surface area contributed by atoms with Gasteiger partial charge in [-0.15, -0.1) is 0 Å². The number of nitrogens with zero attached hydrogens (tertiary/aromatic N) is 1. The maximum Gasteiger partial charge on any atom is 0.0547 e. The number of hydrogen-bond acceptors (Lipinski definition) is 0.